The van der Waals surface area contributed by atoms with E-state index < -0.39 is 17.3 Å². The Morgan fingerprint density at radius 1 is 1.32 bits per heavy atom. The van der Waals surface area contributed by atoms with Gasteiger partial charge in [0.05, 0.1) is 35.2 Å². The minimum absolute atomic E-state index is 0.245. The molecule has 28 heavy (non-hydrogen) atoms. The van der Waals surface area contributed by atoms with Crippen LogP contribution in [0.4, 0.5) is 10.8 Å². The molecule has 0 radical (unpaired) electrons. The van der Waals surface area contributed by atoms with Gasteiger partial charge in [-0.15, -0.1) is 11.3 Å². The number of aromatic nitrogens is 2. The molecule has 2 heterocycles. The SMILES string of the molecule is Cc1sc(N(Cc2ccccn2)c2ccc(C#N)cc2)nc1C(=O)N[S+](C)[O-]. The Labute approximate surface area is 170 Å². The molecule has 1 atom stereocenters. The summed E-state index contributed by atoms with van der Waals surface area (Å²) < 4.78 is 13.7. The van der Waals surface area contributed by atoms with Gasteiger partial charge in [0, 0.05) is 16.8 Å². The first-order valence-corrected chi connectivity index (χ1v) is 10.6. The second kappa shape index (κ2) is 8.84. The number of carbonyl (C=O) groups is 1. The standard InChI is InChI=1S/C19H17N5O2S2/c1-13-17(18(25)23-28(2)26)22-19(27-13)24(12-15-5-3-4-10-21-15)16-8-6-14(11-20)7-9-16/h3-10H,12H2,1-2H3,(H,23,25). The van der Waals surface area contributed by atoms with Crippen LogP contribution in [0.5, 0.6) is 0 Å². The average Bonchev–Trinajstić information content (AvgIpc) is 3.08. The molecule has 1 unspecified atom stereocenters. The molecule has 142 valence electrons. The summed E-state index contributed by atoms with van der Waals surface area (Å²) in [4.78, 5) is 23.8. The highest BCUT2D eigenvalue weighted by atomic mass is 32.2. The highest BCUT2D eigenvalue weighted by Gasteiger charge is 2.22. The van der Waals surface area contributed by atoms with Crippen molar-refractivity contribution in [1.82, 2.24) is 14.7 Å². The highest BCUT2D eigenvalue weighted by molar-refractivity contribution is 7.89. The van der Waals surface area contributed by atoms with Crippen LogP contribution < -0.4 is 9.62 Å². The predicted octanol–water partition coefficient (Wildman–Crippen LogP) is 3.08. The van der Waals surface area contributed by atoms with Gasteiger partial charge >= 0.3 is 5.91 Å². The smallest absolute Gasteiger partial charge is 0.311 e. The predicted molar refractivity (Wildman–Crippen MR) is 110 cm³/mol. The molecule has 1 aromatic carbocycles. The number of amides is 1. The summed E-state index contributed by atoms with van der Waals surface area (Å²) in [5.74, 6) is -0.474. The molecule has 0 fully saturated rings. The molecule has 1 N–H and O–H groups in total. The normalized spacial score (nSPS) is 11.5. The molecule has 9 heteroatoms. The van der Waals surface area contributed by atoms with Gasteiger partial charge in [0.2, 0.25) is 0 Å². The topological polar surface area (TPSA) is 105 Å². The number of benzene rings is 1. The Balaban J connectivity index is 1.99. The van der Waals surface area contributed by atoms with E-state index in [0.717, 1.165) is 16.3 Å². The van der Waals surface area contributed by atoms with Crippen LogP contribution in [0.25, 0.3) is 0 Å². The Bertz CT molecular complexity index is 997. The summed E-state index contributed by atoms with van der Waals surface area (Å²) in [6.07, 6.45) is 3.11. The maximum Gasteiger partial charge on any atom is 0.311 e. The Hall–Kier alpha value is -2.93. The van der Waals surface area contributed by atoms with Crippen molar-refractivity contribution in [3.63, 3.8) is 0 Å². The molecule has 0 saturated heterocycles. The lowest BCUT2D eigenvalue weighted by molar-refractivity contribution is 0.0977. The Morgan fingerprint density at radius 2 is 2.07 bits per heavy atom. The van der Waals surface area contributed by atoms with E-state index in [-0.39, 0.29) is 5.69 Å². The third kappa shape index (κ3) is 4.67. The molecule has 7 nitrogen and oxygen atoms in total. The first kappa shape index (κ1) is 19.8. The van der Waals surface area contributed by atoms with E-state index in [1.165, 1.54) is 17.6 Å². The van der Waals surface area contributed by atoms with Crippen LogP contribution in [0.1, 0.15) is 26.6 Å². The van der Waals surface area contributed by atoms with E-state index in [4.69, 9.17) is 5.26 Å². The second-order valence-corrected chi connectivity index (χ2v) is 8.15. The lowest BCUT2D eigenvalue weighted by Crippen LogP contribution is -2.30. The second-order valence-electron chi connectivity index (χ2n) is 5.85. The highest BCUT2D eigenvalue weighted by Crippen LogP contribution is 2.33. The van der Waals surface area contributed by atoms with Crippen LogP contribution in [0.3, 0.4) is 0 Å². The quantitative estimate of drug-likeness (QED) is 0.625. The minimum Gasteiger partial charge on any atom is -0.593 e. The molecule has 3 aromatic rings. The molecule has 3 rings (SSSR count). The number of rotatable bonds is 6. The lowest BCUT2D eigenvalue weighted by Gasteiger charge is -2.21. The van der Waals surface area contributed by atoms with Crippen LogP contribution in [0.15, 0.2) is 48.7 Å². The molecule has 2 aromatic heterocycles. The summed E-state index contributed by atoms with van der Waals surface area (Å²) in [5, 5.41) is 9.65. The number of anilines is 2. The molecule has 0 bridgehead atoms. The number of hydrogen-bond donors (Lipinski definition) is 1. The van der Waals surface area contributed by atoms with Gasteiger partial charge in [-0.3, -0.25) is 9.78 Å². The van der Waals surface area contributed by atoms with Crippen LogP contribution in [0, 0.1) is 18.3 Å². The van der Waals surface area contributed by atoms with Gasteiger partial charge in [-0.05, 0) is 43.3 Å². The van der Waals surface area contributed by atoms with Gasteiger partial charge in [-0.25, -0.2) is 4.98 Å². The maximum absolute atomic E-state index is 12.3. The van der Waals surface area contributed by atoms with Gasteiger partial charge in [0.15, 0.2) is 5.13 Å². The molecule has 0 aliphatic rings. The van der Waals surface area contributed by atoms with E-state index in [0.29, 0.717) is 17.2 Å². The van der Waals surface area contributed by atoms with Crippen molar-refractivity contribution in [2.45, 2.75) is 13.5 Å². The van der Waals surface area contributed by atoms with Gasteiger partial charge in [0.25, 0.3) is 0 Å². The number of thiazole rings is 1. The zero-order chi connectivity index (χ0) is 20.1. The molecule has 0 aliphatic carbocycles. The monoisotopic (exact) mass is 411 g/mol. The van der Waals surface area contributed by atoms with Gasteiger partial charge in [-0.2, -0.15) is 9.98 Å². The van der Waals surface area contributed by atoms with Crippen molar-refractivity contribution in [2.75, 3.05) is 11.2 Å². The number of aryl methyl sites for hydroxylation is 1. The van der Waals surface area contributed by atoms with Crippen molar-refractivity contribution >= 4 is 39.4 Å². The van der Waals surface area contributed by atoms with Crippen molar-refractivity contribution < 1.29 is 9.35 Å². The van der Waals surface area contributed by atoms with Gasteiger partial charge in [0.1, 0.15) is 11.9 Å². The van der Waals surface area contributed by atoms with Crippen molar-refractivity contribution in [3.8, 4) is 6.07 Å². The maximum atomic E-state index is 12.3. The van der Waals surface area contributed by atoms with E-state index >= 15 is 0 Å². The summed E-state index contributed by atoms with van der Waals surface area (Å²) >= 11 is -0.102. The van der Waals surface area contributed by atoms with E-state index in [2.05, 4.69) is 20.8 Å². The number of nitrogens with zero attached hydrogens (tertiary/aromatic N) is 4. The molecule has 0 spiro atoms. The molecular formula is C19H17N5O2S2. The van der Waals surface area contributed by atoms with Crippen molar-refractivity contribution in [3.05, 3.63) is 70.5 Å². The number of nitrogens with one attached hydrogen (secondary N) is 1. The van der Waals surface area contributed by atoms with Crippen LogP contribution >= 0.6 is 11.3 Å². The fraction of sp³-hybridized carbons (Fsp3) is 0.158. The average molecular weight is 412 g/mol. The van der Waals surface area contributed by atoms with E-state index in [1.807, 2.05) is 35.2 Å². The van der Waals surface area contributed by atoms with E-state index in [1.54, 1.807) is 25.3 Å². The Morgan fingerprint density at radius 3 is 2.68 bits per heavy atom. The molecule has 0 aliphatic heterocycles. The minimum atomic E-state index is -1.47. The van der Waals surface area contributed by atoms with Crippen LogP contribution in [0.2, 0.25) is 0 Å². The summed E-state index contributed by atoms with van der Waals surface area (Å²) in [6.45, 7) is 2.24. The summed E-state index contributed by atoms with van der Waals surface area (Å²) in [5.41, 5.74) is 2.46. The first-order chi connectivity index (χ1) is 13.5. The number of pyridine rings is 1. The lowest BCUT2D eigenvalue weighted by atomic mass is 10.2. The molecule has 1 amide bonds. The van der Waals surface area contributed by atoms with Gasteiger partial charge < -0.3 is 9.45 Å². The third-order valence-electron chi connectivity index (χ3n) is 3.82. The van der Waals surface area contributed by atoms with Crippen molar-refractivity contribution in [1.29, 1.82) is 5.26 Å². The number of carbonyl (C=O) groups excluding carboxylic acids is 1. The van der Waals surface area contributed by atoms with E-state index in [9.17, 15) is 9.35 Å². The fourth-order valence-electron chi connectivity index (χ4n) is 2.53. The molecule has 0 saturated carbocycles. The van der Waals surface area contributed by atoms with Crippen LogP contribution in [-0.2, 0) is 17.9 Å². The first-order valence-electron chi connectivity index (χ1n) is 8.27. The van der Waals surface area contributed by atoms with Crippen LogP contribution in [-0.4, -0.2) is 26.7 Å². The van der Waals surface area contributed by atoms with Gasteiger partial charge in [-0.1, -0.05) is 6.07 Å². The Kier molecular flexibility index (Phi) is 6.26. The summed E-state index contributed by atoms with van der Waals surface area (Å²) in [6, 6.07) is 14.9. The molecular weight excluding hydrogens is 394 g/mol. The zero-order valence-corrected chi connectivity index (χ0v) is 16.9. The summed E-state index contributed by atoms with van der Waals surface area (Å²) in [7, 11) is 0. The number of nitriles is 1. The third-order valence-corrected chi connectivity index (χ3v) is 5.29. The van der Waals surface area contributed by atoms with Crippen molar-refractivity contribution in [2.24, 2.45) is 0 Å². The largest absolute Gasteiger partial charge is 0.593 e. The fourth-order valence-corrected chi connectivity index (χ4v) is 3.81. The number of hydrogen-bond acceptors (Lipinski definition) is 7. The zero-order valence-electron chi connectivity index (χ0n) is 15.2.